The molecular formula is C11H10F4N2O2. The summed E-state index contributed by atoms with van der Waals surface area (Å²) in [4.78, 5) is 11.6. The van der Waals surface area contributed by atoms with Crippen molar-refractivity contribution in [3.05, 3.63) is 29.3 Å². The van der Waals surface area contributed by atoms with Crippen LogP contribution in [0.15, 0.2) is 6.07 Å². The van der Waals surface area contributed by atoms with Crippen LogP contribution in [0.25, 0.3) is 0 Å². The van der Waals surface area contributed by atoms with Crippen LogP contribution >= 0.6 is 0 Å². The second kappa shape index (κ2) is 5.14. The Kier molecular flexibility index (Phi) is 3.72. The lowest BCUT2D eigenvalue weighted by Crippen LogP contribution is -2.36. The molecule has 1 saturated heterocycles. The van der Waals surface area contributed by atoms with Crippen molar-refractivity contribution in [2.75, 3.05) is 11.9 Å². The lowest BCUT2D eigenvalue weighted by atomic mass is 10.2. The molecule has 2 unspecified atom stereocenters. The van der Waals surface area contributed by atoms with Gasteiger partial charge in [0.25, 0.3) is 0 Å². The molecule has 0 bridgehead atoms. The molecule has 1 heterocycles. The summed E-state index contributed by atoms with van der Waals surface area (Å²) in [5.74, 6) is -7.43. The van der Waals surface area contributed by atoms with Crippen LogP contribution in [0.5, 0.6) is 0 Å². The van der Waals surface area contributed by atoms with Crippen molar-refractivity contribution in [3.8, 4) is 0 Å². The Morgan fingerprint density at radius 2 is 1.84 bits per heavy atom. The first-order valence-corrected chi connectivity index (χ1v) is 5.45. The third-order valence-electron chi connectivity index (χ3n) is 2.78. The van der Waals surface area contributed by atoms with Gasteiger partial charge >= 0.3 is 0 Å². The fourth-order valence-electron chi connectivity index (χ4n) is 1.81. The van der Waals surface area contributed by atoms with E-state index in [9.17, 15) is 27.5 Å². The molecule has 4 nitrogen and oxygen atoms in total. The van der Waals surface area contributed by atoms with Crippen molar-refractivity contribution < 1.29 is 27.5 Å². The number of aliphatic hydroxyl groups excluding tert-OH is 1. The van der Waals surface area contributed by atoms with Crippen LogP contribution in [0, 0.1) is 23.3 Å². The molecule has 0 aromatic heterocycles. The number of halogens is 4. The predicted octanol–water partition coefficient (Wildman–Crippen LogP) is 0.904. The van der Waals surface area contributed by atoms with E-state index in [4.69, 9.17) is 0 Å². The van der Waals surface area contributed by atoms with E-state index in [0.717, 1.165) is 0 Å². The number of benzene rings is 1. The van der Waals surface area contributed by atoms with Crippen LogP contribution in [-0.4, -0.2) is 29.7 Å². The summed E-state index contributed by atoms with van der Waals surface area (Å²) in [6.45, 7) is 0.153. The smallest absolute Gasteiger partial charge is 0.241 e. The minimum absolute atomic E-state index is 0.0485. The zero-order chi connectivity index (χ0) is 14.2. The van der Waals surface area contributed by atoms with Gasteiger partial charge in [-0.15, -0.1) is 0 Å². The van der Waals surface area contributed by atoms with Gasteiger partial charge in [-0.05, 0) is 6.42 Å². The molecule has 1 aromatic rings. The van der Waals surface area contributed by atoms with Gasteiger partial charge in [0.15, 0.2) is 23.3 Å². The summed E-state index contributed by atoms with van der Waals surface area (Å²) in [6.07, 6.45) is -0.706. The van der Waals surface area contributed by atoms with Gasteiger partial charge in [0, 0.05) is 12.6 Å². The van der Waals surface area contributed by atoms with Crippen LogP contribution in [-0.2, 0) is 4.79 Å². The predicted molar refractivity (Wildman–Crippen MR) is 57.3 cm³/mol. The number of aliphatic hydroxyl groups is 1. The SMILES string of the molecule is O=C(Nc1c(F)c(F)cc(F)c1F)C1CC(O)CN1. The first kappa shape index (κ1) is 13.8. The summed E-state index contributed by atoms with van der Waals surface area (Å²) in [5, 5.41) is 13.6. The number of anilines is 1. The van der Waals surface area contributed by atoms with Crippen molar-refractivity contribution in [2.24, 2.45) is 0 Å². The molecule has 0 radical (unpaired) electrons. The normalized spacial score (nSPS) is 22.6. The van der Waals surface area contributed by atoms with E-state index in [1.165, 1.54) is 0 Å². The largest absolute Gasteiger partial charge is 0.392 e. The van der Waals surface area contributed by atoms with E-state index in [1.807, 2.05) is 0 Å². The minimum atomic E-state index is -1.68. The molecule has 0 spiro atoms. The molecular weight excluding hydrogens is 268 g/mol. The van der Waals surface area contributed by atoms with Crippen LogP contribution in [0.2, 0.25) is 0 Å². The lowest BCUT2D eigenvalue weighted by Gasteiger charge is -2.12. The first-order chi connectivity index (χ1) is 8.90. The second-order valence-electron chi connectivity index (χ2n) is 4.18. The molecule has 0 aliphatic carbocycles. The molecule has 1 aromatic carbocycles. The zero-order valence-electron chi connectivity index (χ0n) is 9.51. The summed E-state index contributed by atoms with van der Waals surface area (Å²) >= 11 is 0. The number of carbonyl (C=O) groups excluding carboxylic acids is 1. The molecule has 1 fully saturated rings. The summed E-state index contributed by atoms with van der Waals surface area (Å²) in [5.41, 5.74) is -1.18. The van der Waals surface area contributed by atoms with Crippen LogP contribution in [0.4, 0.5) is 23.2 Å². The van der Waals surface area contributed by atoms with Crippen molar-refractivity contribution in [1.29, 1.82) is 0 Å². The Bertz CT molecular complexity index is 498. The Balaban J connectivity index is 2.21. The molecule has 1 aliphatic rings. The summed E-state index contributed by atoms with van der Waals surface area (Å²) < 4.78 is 52.4. The van der Waals surface area contributed by atoms with E-state index in [-0.39, 0.29) is 19.0 Å². The molecule has 2 rings (SSSR count). The Morgan fingerprint density at radius 3 is 2.32 bits per heavy atom. The zero-order valence-corrected chi connectivity index (χ0v) is 9.51. The maximum absolute atomic E-state index is 13.3. The number of carbonyl (C=O) groups is 1. The van der Waals surface area contributed by atoms with E-state index < -0.39 is 47.0 Å². The highest BCUT2D eigenvalue weighted by Crippen LogP contribution is 2.24. The highest BCUT2D eigenvalue weighted by atomic mass is 19.2. The maximum Gasteiger partial charge on any atom is 0.241 e. The van der Waals surface area contributed by atoms with E-state index in [1.54, 1.807) is 5.32 Å². The van der Waals surface area contributed by atoms with Gasteiger partial charge in [0.05, 0.1) is 12.1 Å². The molecule has 1 amide bonds. The van der Waals surface area contributed by atoms with Gasteiger partial charge in [-0.1, -0.05) is 0 Å². The van der Waals surface area contributed by atoms with Crippen LogP contribution in [0.3, 0.4) is 0 Å². The van der Waals surface area contributed by atoms with Gasteiger partial charge in [-0.3, -0.25) is 4.79 Å². The minimum Gasteiger partial charge on any atom is -0.392 e. The monoisotopic (exact) mass is 278 g/mol. The van der Waals surface area contributed by atoms with Gasteiger partial charge in [0.1, 0.15) is 5.69 Å². The van der Waals surface area contributed by atoms with Crippen molar-refractivity contribution in [1.82, 2.24) is 5.32 Å². The third-order valence-corrected chi connectivity index (χ3v) is 2.78. The summed E-state index contributed by atoms with van der Waals surface area (Å²) in [6, 6.07) is -0.821. The van der Waals surface area contributed by atoms with E-state index >= 15 is 0 Å². The molecule has 1 aliphatic heterocycles. The number of nitrogens with one attached hydrogen (secondary N) is 2. The Labute approximate surface area is 105 Å². The van der Waals surface area contributed by atoms with Gasteiger partial charge in [-0.25, -0.2) is 17.6 Å². The topological polar surface area (TPSA) is 61.4 Å². The number of β-amino-alcohol motifs (C(OH)–C–C–N with tert-alkyl or cyclic N) is 1. The summed E-state index contributed by atoms with van der Waals surface area (Å²) in [7, 11) is 0. The number of hydrogen-bond donors (Lipinski definition) is 3. The maximum atomic E-state index is 13.3. The second-order valence-corrected chi connectivity index (χ2v) is 4.18. The van der Waals surface area contributed by atoms with Crippen LogP contribution in [0.1, 0.15) is 6.42 Å². The molecule has 0 saturated carbocycles. The molecule has 3 N–H and O–H groups in total. The van der Waals surface area contributed by atoms with Gasteiger partial charge in [-0.2, -0.15) is 0 Å². The molecule has 8 heteroatoms. The first-order valence-electron chi connectivity index (χ1n) is 5.45. The van der Waals surface area contributed by atoms with Gasteiger partial charge in [0.2, 0.25) is 5.91 Å². The highest BCUT2D eigenvalue weighted by Gasteiger charge is 2.30. The fourth-order valence-corrected chi connectivity index (χ4v) is 1.81. The van der Waals surface area contributed by atoms with Crippen molar-refractivity contribution >= 4 is 11.6 Å². The molecule has 2 atom stereocenters. The van der Waals surface area contributed by atoms with Crippen molar-refractivity contribution in [2.45, 2.75) is 18.6 Å². The van der Waals surface area contributed by atoms with Gasteiger partial charge < -0.3 is 15.7 Å². The molecule has 104 valence electrons. The Hall–Kier alpha value is -1.67. The average molecular weight is 278 g/mol. The van der Waals surface area contributed by atoms with Crippen LogP contribution < -0.4 is 10.6 Å². The standard InChI is InChI=1S/C11H10F4N2O2/c12-5-2-6(13)9(15)10(8(5)14)17-11(19)7-1-4(18)3-16-7/h2,4,7,16,18H,1,3H2,(H,17,19). The quantitative estimate of drug-likeness (QED) is 0.556. The number of hydrogen-bond acceptors (Lipinski definition) is 3. The van der Waals surface area contributed by atoms with E-state index in [0.29, 0.717) is 0 Å². The number of rotatable bonds is 2. The van der Waals surface area contributed by atoms with Crippen molar-refractivity contribution in [3.63, 3.8) is 0 Å². The Morgan fingerprint density at radius 1 is 1.26 bits per heavy atom. The van der Waals surface area contributed by atoms with E-state index in [2.05, 4.69) is 5.32 Å². The average Bonchev–Trinajstić information content (AvgIpc) is 2.79. The fraction of sp³-hybridized carbons (Fsp3) is 0.364. The highest BCUT2D eigenvalue weighted by molar-refractivity contribution is 5.95. The number of amides is 1. The third kappa shape index (κ3) is 2.69. The molecule has 19 heavy (non-hydrogen) atoms. The lowest BCUT2D eigenvalue weighted by molar-refractivity contribution is -0.118.